The van der Waals surface area contributed by atoms with Crippen LogP contribution in [-0.2, 0) is 6.18 Å². The van der Waals surface area contributed by atoms with Crippen molar-refractivity contribution in [2.24, 2.45) is 0 Å². The van der Waals surface area contributed by atoms with Crippen LogP contribution in [0.5, 0.6) is 0 Å². The van der Waals surface area contributed by atoms with Gasteiger partial charge in [-0.2, -0.15) is 13.2 Å². The molecule has 4 rings (SSSR count). The second-order valence-electron chi connectivity index (χ2n) is 7.72. The minimum Gasteiger partial charge on any atom is -0.362 e. The highest BCUT2D eigenvalue weighted by Crippen LogP contribution is 2.36. The molecule has 11 heteroatoms. The molecule has 0 bridgehead atoms. The SMILES string of the molecule is O=C(NC(=S)N1CCN(c2ccc(C(F)(F)F)cc2[N+](=O)[O-])CC1)c1cccc2ccccc12. The summed E-state index contributed by atoms with van der Waals surface area (Å²) in [6.45, 7) is 1.26. The molecule has 7 nitrogen and oxygen atoms in total. The average molecular weight is 488 g/mol. The van der Waals surface area contributed by atoms with Crippen LogP contribution in [0, 0.1) is 10.1 Å². The number of rotatable bonds is 3. The highest BCUT2D eigenvalue weighted by atomic mass is 32.1. The van der Waals surface area contributed by atoms with Crippen molar-refractivity contribution < 1.29 is 22.9 Å². The number of fused-ring (bicyclic) bond motifs is 1. The van der Waals surface area contributed by atoms with Crippen LogP contribution in [0.4, 0.5) is 24.5 Å². The standard InChI is InChI=1S/C23H19F3N4O3S/c24-23(25,26)16-8-9-19(20(14-16)30(32)33)28-10-12-29(13-11-28)22(34)27-21(31)18-7-3-5-15-4-1-2-6-17(15)18/h1-9,14H,10-13H2,(H,27,31,34). The predicted molar refractivity (Wildman–Crippen MR) is 126 cm³/mol. The van der Waals surface area contributed by atoms with Crippen molar-refractivity contribution in [1.29, 1.82) is 0 Å². The van der Waals surface area contributed by atoms with Crippen molar-refractivity contribution in [2.75, 3.05) is 31.1 Å². The summed E-state index contributed by atoms with van der Waals surface area (Å²) in [6.07, 6.45) is -4.67. The number of benzene rings is 3. The molecular formula is C23H19F3N4O3S. The van der Waals surface area contributed by atoms with Gasteiger partial charge in [0.2, 0.25) is 0 Å². The Morgan fingerprint density at radius 2 is 1.68 bits per heavy atom. The molecule has 0 unspecified atom stereocenters. The first-order valence-electron chi connectivity index (χ1n) is 10.3. The van der Waals surface area contributed by atoms with Crippen LogP contribution in [0.2, 0.25) is 0 Å². The molecule has 1 N–H and O–H groups in total. The number of piperazine rings is 1. The summed E-state index contributed by atoms with van der Waals surface area (Å²) in [5, 5.41) is 16.1. The number of hydrogen-bond donors (Lipinski definition) is 1. The third kappa shape index (κ3) is 4.79. The summed E-state index contributed by atoms with van der Waals surface area (Å²) in [7, 11) is 0. The first-order valence-corrected chi connectivity index (χ1v) is 10.7. The summed E-state index contributed by atoms with van der Waals surface area (Å²) < 4.78 is 38.9. The number of hydrogen-bond acceptors (Lipinski definition) is 5. The van der Waals surface area contributed by atoms with Gasteiger partial charge in [-0.15, -0.1) is 0 Å². The largest absolute Gasteiger partial charge is 0.416 e. The average Bonchev–Trinajstić information content (AvgIpc) is 2.82. The van der Waals surface area contributed by atoms with Crippen LogP contribution in [0.3, 0.4) is 0 Å². The van der Waals surface area contributed by atoms with E-state index in [2.05, 4.69) is 5.32 Å². The third-order valence-electron chi connectivity index (χ3n) is 5.66. The van der Waals surface area contributed by atoms with Gasteiger partial charge in [-0.3, -0.25) is 20.2 Å². The number of carbonyl (C=O) groups is 1. The Balaban J connectivity index is 1.43. The molecule has 0 aliphatic carbocycles. The van der Waals surface area contributed by atoms with Crippen molar-refractivity contribution in [1.82, 2.24) is 10.2 Å². The Hall–Kier alpha value is -3.73. The highest BCUT2D eigenvalue weighted by Gasteiger charge is 2.34. The van der Waals surface area contributed by atoms with E-state index >= 15 is 0 Å². The number of anilines is 1. The molecule has 1 fully saturated rings. The van der Waals surface area contributed by atoms with Gasteiger partial charge in [0.1, 0.15) is 5.69 Å². The molecule has 0 atom stereocenters. The zero-order valence-corrected chi connectivity index (χ0v) is 18.5. The Kier molecular flexibility index (Phi) is 6.38. The quantitative estimate of drug-likeness (QED) is 0.330. The Bertz CT molecular complexity index is 1270. The lowest BCUT2D eigenvalue weighted by atomic mass is 10.0. The van der Waals surface area contributed by atoms with E-state index in [9.17, 15) is 28.1 Å². The zero-order valence-electron chi connectivity index (χ0n) is 17.7. The summed E-state index contributed by atoms with van der Waals surface area (Å²) in [6, 6.07) is 15.4. The first kappa shape index (κ1) is 23.4. The van der Waals surface area contributed by atoms with Gasteiger partial charge in [0.25, 0.3) is 11.6 Å². The maximum absolute atomic E-state index is 13.0. The zero-order chi connectivity index (χ0) is 24.5. The summed E-state index contributed by atoms with van der Waals surface area (Å²) >= 11 is 5.40. The van der Waals surface area contributed by atoms with Gasteiger partial charge in [-0.25, -0.2) is 0 Å². The van der Waals surface area contributed by atoms with Crippen LogP contribution < -0.4 is 10.2 Å². The number of thiocarbonyl (C=S) groups is 1. The molecule has 1 aliphatic heterocycles. The second-order valence-corrected chi connectivity index (χ2v) is 8.11. The van der Waals surface area contributed by atoms with E-state index in [1.807, 2.05) is 30.3 Å². The summed E-state index contributed by atoms with van der Waals surface area (Å²) in [5.74, 6) is -0.345. The topological polar surface area (TPSA) is 78.7 Å². The summed E-state index contributed by atoms with van der Waals surface area (Å²) in [4.78, 5) is 26.8. The molecule has 0 aromatic heterocycles. The fraction of sp³-hybridized carbons (Fsp3) is 0.217. The molecule has 3 aromatic carbocycles. The lowest BCUT2D eigenvalue weighted by molar-refractivity contribution is -0.384. The van der Waals surface area contributed by atoms with Crippen LogP contribution in [-0.4, -0.2) is 47.0 Å². The van der Waals surface area contributed by atoms with E-state index in [1.54, 1.807) is 21.9 Å². The van der Waals surface area contributed by atoms with Crippen LogP contribution >= 0.6 is 12.2 Å². The van der Waals surface area contributed by atoms with Crippen molar-refractivity contribution >= 4 is 45.4 Å². The smallest absolute Gasteiger partial charge is 0.362 e. The number of carbonyl (C=O) groups excluding carboxylic acids is 1. The van der Waals surface area contributed by atoms with Crippen LogP contribution in [0.25, 0.3) is 10.8 Å². The molecule has 1 saturated heterocycles. The van der Waals surface area contributed by atoms with Crippen molar-refractivity contribution in [3.8, 4) is 0 Å². The highest BCUT2D eigenvalue weighted by molar-refractivity contribution is 7.80. The Morgan fingerprint density at radius 1 is 1.00 bits per heavy atom. The normalized spacial score (nSPS) is 14.2. The molecule has 0 spiro atoms. The van der Waals surface area contributed by atoms with Gasteiger partial charge >= 0.3 is 6.18 Å². The van der Waals surface area contributed by atoms with E-state index in [0.717, 1.165) is 22.9 Å². The number of alkyl halides is 3. The molecule has 176 valence electrons. The fourth-order valence-corrected chi connectivity index (χ4v) is 4.21. The minimum absolute atomic E-state index is 0.114. The molecule has 0 radical (unpaired) electrons. The van der Waals surface area contributed by atoms with E-state index in [1.165, 1.54) is 0 Å². The molecule has 3 aromatic rings. The molecule has 1 aliphatic rings. The van der Waals surface area contributed by atoms with E-state index in [0.29, 0.717) is 24.7 Å². The minimum atomic E-state index is -4.67. The molecule has 1 heterocycles. The number of nitrogens with zero attached hydrogens (tertiary/aromatic N) is 3. The lowest BCUT2D eigenvalue weighted by Crippen LogP contribution is -2.52. The van der Waals surface area contributed by atoms with E-state index < -0.39 is 22.4 Å². The van der Waals surface area contributed by atoms with Gasteiger partial charge < -0.3 is 9.80 Å². The maximum Gasteiger partial charge on any atom is 0.416 e. The van der Waals surface area contributed by atoms with Gasteiger partial charge in [0.15, 0.2) is 5.11 Å². The first-order chi connectivity index (χ1) is 16.1. The lowest BCUT2D eigenvalue weighted by Gasteiger charge is -2.37. The molecule has 34 heavy (non-hydrogen) atoms. The number of nitrogens with one attached hydrogen (secondary N) is 1. The van der Waals surface area contributed by atoms with Gasteiger partial charge in [-0.1, -0.05) is 36.4 Å². The van der Waals surface area contributed by atoms with Crippen molar-refractivity contribution in [3.63, 3.8) is 0 Å². The monoisotopic (exact) mass is 488 g/mol. The third-order valence-corrected chi connectivity index (χ3v) is 6.02. The maximum atomic E-state index is 13.0. The molecule has 0 saturated carbocycles. The summed E-state index contributed by atoms with van der Waals surface area (Å²) in [5.41, 5.74) is -1.07. The van der Waals surface area contributed by atoms with Gasteiger partial charge in [-0.05, 0) is 41.2 Å². The van der Waals surface area contributed by atoms with E-state index in [-0.39, 0.29) is 29.8 Å². The Labute approximate surface area is 197 Å². The molecule has 1 amide bonds. The van der Waals surface area contributed by atoms with Crippen LogP contribution in [0.15, 0.2) is 60.7 Å². The van der Waals surface area contributed by atoms with Gasteiger partial charge in [0, 0.05) is 37.8 Å². The van der Waals surface area contributed by atoms with Crippen LogP contribution in [0.1, 0.15) is 15.9 Å². The van der Waals surface area contributed by atoms with Gasteiger partial charge in [0.05, 0.1) is 10.5 Å². The van der Waals surface area contributed by atoms with E-state index in [4.69, 9.17) is 12.2 Å². The number of nitro groups is 1. The Morgan fingerprint density at radius 3 is 2.35 bits per heavy atom. The predicted octanol–water partition coefficient (Wildman–Crippen LogP) is 4.60. The fourth-order valence-electron chi connectivity index (χ4n) is 3.93. The van der Waals surface area contributed by atoms with Crippen molar-refractivity contribution in [2.45, 2.75) is 6.18 Å². The van der Waals surface area contributed by atoms with Crippen molar-refractivity contribution in [3.05, 3.63) is 81.9 Å². The number of nitro benzene ring substituents is 1. The number of amides is 1. The second kappa shape index (κ2) is 9.26. The molecular weight excluding hydrogens is 469 g/mol. The number of halogens is 3.